The maximum atomic E-state index is 11.6. The number of ether oxygens (including phenoxy) is 1. The number of nitrogens with zero attached hydrogens (tertiary/aromatic N) is 2. The summed E-state index contributed by atoms with van der Waals surface area (Å²) in [5, 5.41) is 0. The first-order chi connectivity index (χ1) is 8.51. The highest BCUT2D eigenvalue weighted by Gasteiger charge is 2.15. The number of nitrogens with two attached hydrogens (primary N) is 1. The number of carbonyl (C=O) groups is 2. The number of pyridine rings is 1. The average Bonchev–Trinajstić information content (AvgIpc) is 2.37. The molecule has 2 N–H and O–H groups in total. The van der Waals surface area contributed by atoms with E-state index < -0.39 is 11.9 Å². The zero-order valence-corrected chi connectivity index (χ0v) is 10.1. The first-order valence-electron chi connectivity index (χ1n) is 5.02. The van der Waals surface area contributed by atoms with Gasteiger partial charge in [0.15, 0.2) is 0 Å². The molecule has 0 saturated heterocycles. The van der Waals surface area contributed by atoms with Crippen molar-refractivity contribution in [3.05, 3.63) is 29.1 Å². The Morgan fingerprint density at radius 1 is 1.50 bits per heavy atom. The quantitative estimate of drug-likeness (QED) is 0.489. The van der Waals surface area contributed by atoms with Crippen molar-refractivity contribution in [2.75, 3.05) is 7.11 Å². The van der Waals surface area contributed by atoms with E-state index in [0.29, 0.717) is 11.3 Å². The molecule has 0 saturated carbocycles. The molecule has 0 unspecified atom stereocenters. The van der Waals surface area contributed by atoms with Crippen LogP contribution in [-0.2, 0) is 9.53 Å². The van der Waals surface area contributed by atoms with Crippen LogP contribution in [0.5, 0.6) is 0 Å². The minimum absolute atomic E-state index is 0.197. The van der Waals surface area contributed by atoms with E-state index in [2.05, 4.69) is 21.4 Å². The van der Waals surface area contributed by atoms with Gasteiger partial charge in [-0.15, -0.1) is 0 Å². The van der Waals surface area contributed by atoms with E-state index in [1.54, 1.807) is 0 Å². The smallest absolute Gasteiger partial charge is 0.340 e. The number of hydrogen-bond acceptors (Lipinski definition) is 5. The van der Waals surface area contributed by atoms with Crippen molar-refractivity contribution in [3.8, 4) is 0 Å². The number of aromatic nitrogens is 1. The molecule has 0 aromatic carbocycles. The Morgan fingerprint density at radius 2 is 2.17 bits per heavy atom. The molecule has 1 aromatic heterocycles. The number of amides is 1. The number of hydrogen-bond donors (Lipinski definition) is 1. The molecule has 1 rings (SSSR count). The number of rotatable bonds is 4. The predicted molar refractivity (Wildman–Crippen MR) is 67.6 cm³/mol. The highest BCUT2D eigenvalue weighted by Crippen LogP contribution is 2.24. The zero-order chi connectivity index (χ0) is 13.7. The molecule has 94 valence electrons. The van der Waals surface area contributed by atoms with Gasteiger partial charge < -0.3 is 10.5 Å². The number of esters is 1. The number of primary amides is 1. The topological polar surface area (TPSA) is 94.6 Å². The van der Waals surface area contributed by atoms with Gasteiger partial charge >= 0.3 is 5.97 Å². The van der Waals surface area contributed by atoms with Crippen LogP contribution in [0.15, 0.2) is 23.0 Å². The average molecular weight is 247 g/mol. The van der Waals surface area contributed by atoms with Crippen LogP contribution in [0.25, 0.3) is 6.08 Å². The molecule has 1 heterocycles. The van der Waals surface area contributed by atoms with E-state index in [1.807, 2.05) is 0 Å². The molecule has 0 aliphatic heterocycles. The minimum Gasteiger partial charge on any atom is -0.465 e. The summed E-state index contributed by atoms with van der Waals surface area (Å²) in [5.41, 5.74) is 6.41. The van der Waals surface area contributed by atoms with Gasteiger partial charge in [0.1, 0.15) is 0 Å². The lowest BCUT2D eigenvalue weighted by Crippen LogP contribution is -2.12. The second kappa shape index (κ2) is 5.72. The van der Waals surface area contributed by atoms with E-state index in [-0.39, 0.29) is 11.1 Å². The Kier molecular flexibility index (Phi) is 4.31. The van der Waals surface area contributed by atoms with E-state index in [1.165, 1.54) is 32.5 Å². The summed E-state index contributed by atoms with van der Waals surface area (Å²) < 4.78 is 4.63. The molecule has 6 nitrogen and oxygen atoms in total. The minimum atomic E-state index is -0.586. The second-order valence-electron chi connectivity index (χ2n) is 3.46. The summed E-state index contributed by atoms with van der Waals surface area (Å²) >= 11 is 0. The van der Waals surface area contributed by atoms with Crippen molar-refractivity contribution in [3.63, 3.8) is 0 Å². The van der Waals surface area contributed by atoms with Gasteiger partial charge in [-0.3, -0.25) is 14.8 Å². The fourth-order valence-corrected chi connectivity index (χ4v) is 1.30. The summed E-state index contributed by atoms with van der Waals surface area (Å²) in [7, 11) is 1.25. The zero-order valence-electron chi connectivity index (χ0n) is 10.1. The Morgan fingerprint density at radius 3 is 2.67 bits per heavy atom. The van der Waals surface area contributed by atoms with Crippen LogP contribution in [0.1, 0.15) is 22.8 Å². The molecule has 0 atom stereocenters. The van der Waals surface area contributed by atoms with Gasteiger partial charge in [0.2, 0.25) is 5.91 Å². The molecule has 1 aromatic rings. The summed E-state index contributed by atoms with van der Waals surface area (Å²) in [6.07, 6.45) is 4.22. The van der Waals surface area contributed by atoms with Gasteiger partial charge in [0.05, 0.1) is 24.6 Å². The largest absolute Gasteiger partial charge is 0.465 e. The Hall–Kier alpha value is -2.50. The fourth-order valence-electron chi connectivity index (χ4n) is 1.30. The molecule has 0 spiro atoms. The van der Waals surface area contributed by atoms with Crippen molar-refractivity contribution in [2.45, 2.75) is 6.92 Å². The standard InChI is InChI=1S/C12H13N3O3/c1-7(11(13)16)4-8-9(12(17)18-3)5-15-6-10(8)14-2/h4-6H,2H2,1,3H3,(H2,13,16). The Bertz CT molecular complexity index is 535. The molecule has 0 fully saturated rings. The molecule has 0 aliphatic carbocycles. The molecular formula is C12H13N3O3. The lowest BCUT2D eigenvalue weighted by molar-refractivity contribution is -0.114. The monoisotopic (exact) mass is 247 g/mol. The summed E-state index contributed by atoms with van der Waals surface area (Å²) in [5.74, 6) is -1.16. The third-order valence-electron chi connectivity index (χ3n) is 2.29. The van der Waals surface area contributed by atoms with Crippen molar-refractivity contribution in [1.82, 2.24) is 4.98 Å². The van der Waals surface area contributed by atoms with Gasteiger partial charge in [0.25, 0.3) is 0 Å². The third kappa shape index (κ3) is 2.79. The van der Waals surface area contributed by atoms with Gasteiger partial charge in [-0.2, -0.15) is 0 Å². The number of aliphatic imine (C=N–C) groups is 1. The van der Waals surface area contributed by atoms with Crippen molar-refractivity contribution in [2.24, 2.45) is 10.7 Å². The molecule has 6 heteroatoms. The van der Waals surface area contributed by atoms with Crippen LogP contribution in [0, 0.1) is 0 Å². The van der Waals surface area contributed by atoms with Crippen LogP contribution in [0.4, 0.5) is 5.69 Å². The van der Waals surface area contributed by atoms with E-state index in [9.17, 15) is 9.59 Å². The molecule has 0 bridgehead atoms. The van der Waals surface area contributed by atoms with Crippen molar-refractivity contribution in [1.29, 1.82) is 0 Å². The maximum absolute atomic E-state index is 11.6. The SMILES string of the molecule is C=Nc1cncc(C(=O)OC)c1C=C(C)C(N)=O. The van der Waals surface area contributed by atoms with Crippen LogP contribution in [0.3, 0.4) is 0 Å². The maximum Gasteiger partial charge on any atom is 0.340 e. The van der Waals surface area contributed by atoms with Gasteiger partial charge in [0, 0.05) is 17.3 Å². The molecular weight excluding hydrogens is 234 g/mol. The molecule has 18 heavy (non-hydrogen) atoms. The van der Waals surface area contributed by atoms with Crippen molar-refractivity contribution < 1.29 is 14.3 Å². The third-order valence-corrected chi connectivity index (χ3v) is 2.29. The van der Waals surface area contributed by atoms with E-state index in [4.69, 9.17) is 5.73 Å². The van der Waals surface area contributed by atoms with Gasteiger partial charge in [-0.05, 0) is 19.7 Å². The molecule has 0 radical (unpaired) electrons. The Labute approximate surface area is 104 Å². The van der Waals surface area contributed by atoms with Crippen LogP contribution in [0.2, 0.25) is 0 Å². The summed E-state index contributed by atoms with van der Waals surface area (Å²) in [6, 6.07) is 0. The number of carbonyl (C=O) groups excluding carboxylic acids is 2. The van der Waals surface area contributed by atoms with E-state index >= 15 is 0 Å². The lowest BCUT2D eigenvalue weighted by Gasteiger charge is -2.07. The predicted octanol–water partition coefficient (Wildman–Crippen LogP) is 1.09. The summed E-state index contributed by atoms with van der Waals surface area (Å²) in [6.45, 7) is 4.92. The molecule has 0 aliphatic rings. The van der Waals surface area contributed by atoms with Gasteiger partial charge in [-0.25, -0.2) is 4.79 Å². The Balaban J connectivity index is 3.47. The first-order valence-corrected chi connectivity index (χ1v) is 5.02. The first kappa shape index (κ1) is 13.6. The fraction of sp³-hybridized carbons (Fsp3) is 0.167. The normalized spacial score (nSPS) is 10.9. The van der Waals surface area contributed by atoms with Crippen LogP contribution in [-0.4, -0.2) is 30.7 Å². The van der Waals surface area contributed by atoms with Crippen molar-refractivity contribution >= 4 is 30.4 Å². The number of methoxy groups -OCH3 is 1. The van der Waals surface area contributed by atoms with E-state index in [0.717, 1.165) is 0 Å². The van der Waals surface area contributed by atoms with Gasteiger partial charge in [-0.1, -0.05) is 0 Å². The molecule has 1 amide bonds. The highest BCUT2D eigenvalue weighted by atomic mass is 16.5. The second-order valence-corrected chi connectivity index (χ2v) is 3.46. The van der Waals surface area contributed by atoms with Crippen LogP contribution < -0.4 is 5.73 Å². The lowest BCUT2D eigenvalue weighted by atomic mass is 10.1. The highest BCUT2D eigenvalue weighted by molar-refractivity contribution is 6.01. The summed E-state index contributed by atoms with van der Waals surface area (Å²) in [4.78, 5) is 30.2. The van der Waals surface area contributed by atoms with Crippen LogP contribution >= 0.6 is 0 Å².